The van der Waals surface area contributed by atoms with Crippen LogP contribution in [0.1, 0.15) is 51.7 Å². The summed E-state index contributed by atoms with van der Waals surface area (Å²) in [5.41, 5.74) is 5.71. The molecule has 108 valence electrons. The number of hydrogen-bond donors (Lipinski definition) is 1. The summed E-state index contributed by atoms with van der Waals surface area (Å²) in [6.45, 7) is 8.77. The second kappa shape index (κ2) is 6.51. The quantitative estimate of drug-likeness (QED) is 0.858. The molecule has 2 rings (SSSR count). The molecular weight excluding hydrogens is 236 g/mol. The summed E-state index contributed by atoms with van der Waals surface area (Å²) in [4.78, 5) is 0. The molecule has 2 heterocycles. The summed E-state index contributed by atoms with van der Waals surface area (Å²) < 4.78 is 2.35. The second-order valence-corrected chi connectivity index (χ2v) is 6.40. The average Bonchev–Trinajstić information content (AvgIpc) is 2.76. The van der Waals surface area contributed by atoms with Crippen LogP contribution in [0.5, 0.6) is 0 Å². The molecule has 2 unspecified atom stereocenters. The maximum atomic E-state index is 5.71. The summed E-state index contributed by atoms with van der Waals surface area (Å²) in [7, 11) is 0. The van der Waals surface area contributed by atoms with Crippen LogP contribution in [0.15, 0.2) is 0 Å². The third-order valence-corrected chi connectivity index (χ3v) is 4.50. The Morgan fingerprint density at radius 2 is 2.11 bits per heavy atom. The first-order chi connectivity index (χ1) is 9.11. The molecule has 2 atom stereocenters. The third-order valence-electron chi connectivity index (χ3n) is 4.50. The van der Waals surface area contributed by atoms with Gasteiger partial charge in [-0.15, -0.1) is 10.2 Å². The van der Waals surface area contributed by atoms with E-state index in [2.05, 4.69) is 35.5 Å². The van der Waals surface area contributed by atoms with Gasteiger partial charge >= 0.3 is 0 Å². The molecule has 4 heteroatoms. The molecular formula is C15H28N4. The lowest BCUT2D eigenvalue weighted by molar-refractivity contribution is 0.334. The monoisotopic (exact) mass is 264 g/mol. The molecule has 0 aliphatic carbocycles. The van der Waals surface area contributed by atoms with Gasteiger partial charge in [-0.3, -0.25) is 0 Å². The van der Waals surface area contributed by atoms with Crippen LogP contribution in [-0.2, 0) is 19.4 Å². The molecule has 1 aliphatic rings. The van der Waals surface area contributed by atoms with Crippen molar-refractivity contribution in [3.8, 4) is 0 Å². The number of nitrogens with two attached hydrogens (primary N) is 1. The van der Waals surface area contributed by atoms with Gasteiger partial charge in [-0.1, -0.05) is 20.8 Å². The van der Waals surface area contributed by atoms with Gasteiger partial charge in [0.25, 0.3) is 0 Å². The maximum Gasteiger partial charge on any atom is 0.133 e. The molecule has 19 heavy (non-hydrogen) atoms. The molecule has 1 aromatic heterocycles. The first-order valence-electron chi connectivity index (χ1n) is 7.72. The molecule has 0 fully saturated rings. The number of aromatic nitrogens is 3. The predicted molar refractivity (Wildman–Crippen MR) is 77.8 cm³/mol. The zero-order valence-corrected chi connectivity index (χ0v) is 12.6. The first-order valence-corrected chi connectivity index (χ1v) is 7.72. The molecule has 2 N–H and O–H groups in total. The molecule has 0 saturated carbocycles. The Morgan fingerprint density at radius 1 is 1.32 bits per heavy atom. The molecule has 0 bridgehead atoms. The van der Waals surface area contributed by atoms with E-state index in [1.165, 1.54) is 24.5 Å². The van der Waals surface area contributed by atoms with Crippen molar-refractivity contribution in [1.29, 1.82) is 0 Å². The highest BCUT2D eigenvalue weighted by Crippen LogP contribution is 2.23. The Bertz CT molecular complexity index is 397. The predicted octanol–water partition coefficient (Wildman–Crippen LogP) is 2.41. The molecule has 0 saturated heterocycles. The highest BCUT2D eigenvalue weighted by Gasteiger charge is 2.21. The fourth-order valence-electron chi connectivity index (χ4n) is 3.07. The average molecular weight is 264 g/mol. The van der Waals surface area contributed by atoms with E-state index in [4.69, 9.17) is 5.73 Å². The Labute approximate surface area is 116 Å². The summed E-state index contributed by atoms with van der Waals surface area (Å²) in [5.74, 6) is 4.54. The van der Waals surface area contributed by atoms with Crippen LogP contribution in [0.2, 0.25) is 0 Å². The lowest BCUT2D eigenvalue weighted by atomic mass is 9.88. The van der Waals surface area contributed by atoms with Crippen molar-refractivity contribution in [2.75, 3.05) is 6.54 Å². The van der Waals surface area contributed by atoms with Gasteiger partial charge in [0, 0.05) is 19.4 Å². The van der Waals surface area contributed by atoms with E-state index in [-0.39, 0.29) is 0 Å². The van der Waals surface area contributed by atoms with Crippen molar-refractivity contribution in [1.82, 2.24) is 14.8 Å². The van der Waals surface area contributed by atoms with Gasteiger partial charge in [-0.25, -0.2) is 0 Å². The number of nitrogens with zero attached hydrogens (tertiary/aromatic N) is 3. The zero-order chi connectivity index (χ0) is 13.8. The molecule has 0 spiro atoms. The van der Waals surface area contributed by atoms with Crippen molar-refractivity contribution in [3.05, 3.63) is 11.6 Å². The fraction of sp³-hybridized carbons (Fsp3) is 0.867. The Morgan fingerprint density at radius 3 is 2.79 bits per heavy atom. The topological polar surface area (TPSA) is 56.7 Å². The van der Waals surface area contributed by atoms with E-state index in [0.717, 1.165) is 38.3 Å². The summed E-state index contributed by atoms with van der Waals surface area (Å²) in [6.07, 6.45) is 5.69. The van der Waals surface area contributed by atoms with Gasteiger partial charge in [0.2, 0.25) is 0 Å². The van der Waals surface area contributed by atoms with Gasteiger partial charge in [0.15, 0.2) is 0 Å². The van der Waals surface area contributed by atoms with Crippen molar-refractivity contribution in [2.24, 2.45) is 23.5 Å². The van der Waals surface area contributed by atoms with Crippen LogP contribution >= 0.6 is 0 Å². The smallest absolute Gasteiger partial charge is 0.133 e. The third kappa shape index (κ3) is 3.56. The highest BCUT2D eigenvalue weighted by atomic mass is 15.3. The minimum Gasteiger partial charge on any atom is -0.330 e. The molecule has 1 aromatic rings. The fourth-order valence-corrected chi connectivity index (χ4v) is 3.07. The Hall–Kier alpha value is -0.900. The maximum absolute atomic E-state index is 5.71. The van der Waals surface area contributed by atoms with Gasteiger partial charge in [0.05, 0.1) is 0 Å². The van der Waals surface area contributed by atoms with Crippen LogP contribution in [0.25, 0.3) is 0 Å². The van der Waals surface area contributed by atoms with E-state index in [1.807, 2.05) is 0 Å². The van der Waals surface area contributed by atoms with Gasteiger partial charge in [-0.05, 0) is 43.6 Å². The molecule has 4 nitrogen and oxygen atoms in total. The molecule has 0 radical (unpaired) electrons. The number of fused-ring (bicyclic) bond motifs is 1. The van der Waals surface area contributed by atoms with Crippen molar-refractivity contribution < 1.29 is 0 Å². The lowest BCUT2D eigenvalue weighted by Gasteiger charge is -2.22. The van der Waals surface area contributed by atoms with E-state index in [0.29, 0.717) is 11.8 Å². The first kappa shape index (κ1) is 14.5. The van der Waals surface area contributed by atoms with Crippen LogP contribution < -0.4 is 5.73 Å². The standard InChI is InChI=1S/C15H28N4/c1-11(2)13(6-8-16)4-5-14-17-18-15-10-12(3)7-9-19(14)15/h11-13H,4-10,16H2,1-3H3. The van der Waals surface area contributed by atoms with Crippen LogP contribution in [-0.4, -0.2) is 21.3 Å². The summed E-state index contributed by atoms with van der Waals surface area (Å²) >= 11 is 0. The van der Waals surface area contributed by atoms with E-state index < -0.39 is 0 Å². The van der Waals surface area contributed by atoms with Crippen LogP contribution in [0, 0.1) is 17.8 Å². The normalized spacial score (nSPS) is 20.6. The van der Waals surface area contributed by atoms with Crippen molar-refractivity contribution >= 4 is 0 Å². The molecule has 1 aliphatic heterocycles. The van der Waals surface area contributed by atoms with E-state index in [9.17, 15) is 0 Å². The SMILES string of the molecule is CC1CCn2c(CCC(CCN)C(C)C)nnc2C1. The second-order valence-electron chi connectivity index (χ2n) is 6.40. The minimum absolute atomic E-state index is 0.701. The van der Waals surface area contributed by atoms with Gasteiger partial charge < -0.3 is 10.3 Å². The van der Waals surface area contributed by atoms with E-state index >= 15 is 0 Å². The van der Waals surface area contributed by atoms with Crippen molar-refractivity contribution in [3.63, 3.8) is 0 Å². The number of hydrogen-bond acceptors (Lipinski definition) is 3. The van der Waals surface area contributed by atoms with Crippen LogP contribution in [0.4, 0.5) is 0 Å². The van der Waals surface area contributed by atoms with E-state index in [1.54, 1.807) is 0 Å². The zero-order valence-electron chi connectivity index (χ0n) is 12.6. The lowest BCUT2D eigenvalue weighted by Crippen LogP contribution is -2.20. The van der Waals surface area contributed by atoms with Crippen molar-refractivity contribution in [2.45, 2.75) is 59.4 Å². The van der Waals surface area contributed by atoms with Gasteiger partial charge in [-0.2, -0.15) is 0 Å². The number of aryl methyl sites for hydroxylation is 1. The largest absolute Gasteiger partial charge is 0.330 e. The Kier molecular flexibility index (Phi) is 4.97. The minimum atomic E-state index is 0.701. The number of rotatable bonds is 6. The summed E-state index contributed by atoms with van der Waals surface area (Å²) in [6, 6.07) is 0. The van der Waals surface area contributed by atoms with Crippen LogP contribution in [0.3, 0.4) is 0 Å². The highest BCUT2D eigenvalue weighted by molar-refractivity contribution is 5.00. The van der Waals surface area contributed by atoms with Gasteiger partial charge in [0.1, 0.15) is 11.6 Å². The Balaban J connectivity index is 1.96. The molecule has 0 amide bonds. The molecule has 0 aromatic carbocycles. The summed E-state index contributed by atoms with van der Waals surface area (Å²) in [5, 5.41) is 8.77.